The van der Waals surface area contributed by atoms with Crippen LogP contribution in [0.3, 0.4) is 0 Å². The molecule has 1 aromatic carbocycles. The first-order valence-electron chi connectivity index (χ1n) is 5.12. The molecule has 0 aromatic heterocycles. The number of carboxylic acids is 1. The number of carbonyl (C=O) groups is 2. The summed E-state index contributed by atoms with van der Waals surface area (Å²) in [6, 6.07) is 7.15. The molecular weight excluding hydrogens is 218 g/mol. The van der Waals surface area contributed by atoms with Crippen molar-refractivity contribution in [2.24, 2.45) is 0 Å². The molecule has 4 heteroatoms. The average Bonchev–Trinajstić information content (AvgIpc) is 2.31. The van der Waals surface area contributed by atoms with E-state index in [0.29, 0.717) is 6.42 Å². The normalized spacial score (nSPS) is 9.00. The molecule has 0 aliphatic heterocycles. The summed E-state index contributed by atoms with van der Waals surface area (Å²) in [4.78, 5) is 21.4. The molecule has 0 unspecified atom stereocenters. The van der Waals surface area contributed by atoms with E-state index in [1.807, 2.05) is 0 Å². The van der Waals surface area contributed by atoms with Crippen molar-refractivity contribution < 1.29 is 14.7 Å². The van der Waals surface area contributed by atoms with E-state index in [0.717, 1.165) is 11.1 Å². The maximum Gasteiger partial charge on any atom is 0.315 e. The van der Waals surface area contributed by atoms with Crippen molar-refractivity contribution >= 4 is 11.9 Å². The molecule has 0 radical (unpaired) electrons. The molecule has 0 saturated heterocycles. The van der Waals surface area contributed by atoms with Crippen LogP contribution in [-0.2, 0) is 16.0 Å². The molecule has 1 aromatic rings. The summed E-state index contributed by atoms with van der Waals surface area (Å²) in [5, 5.41) is 11.0. The van der Waals surface area contributed by atoms with Crippen molar-refractivity contribution in [2.75, 3.05) is 7.05 Å². The highest BCUT2D eigenvalue weighted by Crippen LogP contribution is 2.04. The fraction of sp³-hybridized carbons (Fsp3) is 0.231. The van der Waals surface area contributed by atoms with E-state index in [1.165, 1.54) is 0 Å². The van der Waals surface area contributed by atoms with Crippen LogP contribution in [0.2, 0.25) is 0 Å². The first-order valence-corrected chi connectivity index (χ1v) is 5.12. The lowest BCUT2D eigenvalue weighted by atomic mass is 10.1. The van der Waals surface area contributed by atoms with Gasteiger partial charge >= 0.3 is 5.97 Å². The van der Waals surface area contributed by atoms with E-state index >= 15 is 0 Å². The number of carboxylic acid groups (broad SMARTS) is 1. The fourth-order valence-electron chi connectivity index (χ4n) is 1.20. The Kier molecular flexibility index (Phi) is 4.77. The summed E-state index contributed by atoms with van der Waals surface area (Å²) in [7, 11) is 1.59. The summed E-state index contributed by atoms with van der Waals surface area (Å²) < 4.78 is 0. The zero-order valence-electron chi connectivity index (χ0n) is 9.49. The smallest absolute Gasteiger partial charge is 0.315 e. The minimum atomic E-state index is -0.936. The van der Waals surface area contributed by atoms with E-state index in [1.54, 1.807) is 31.3 Å². The third-order valence-corrected chi connectivity index (χ3v) is 2.07. The van der Waals surface area contributed by atoms with Crippen LogP contribution in [0.4, 0.5) is 0 Å². The van der Waals surface area contributed by atoms with E-state index < -0.39 is 5.97 Å². The molecule has 0 bridgehead atoms. The van der Waals surface area contributed by atoms with Gasteiger partial charge in [0, 0.05) is 12.6 Å². The van der Waals surface area contributed by atoms with Gasteiger partial charge in [-0.2, -0.15) is 0 Å². The van der Waals surface area contributed by atoms with E-state index in [2.05, 4.69) is 17.2 Å². The second-order valence-electron chi connectivity index (χ2n) is 3.42. The Labute approximate surface area is 99.7 Å². The van der Waals surface area contributed by atoms with Crippen molar-refractivity contribution in [3.8, 4) is 11.8 Å². The lowest BCUT2D eigenvalue weighted by Crippen LogP contribution is -2.19. The van der Waals surface area contributed by atoms with Crippen molar-refractivity contribution in [3.05, 3.63) is 35.4 Å². The van der Waals surface area contributed by atoms with Gasteiger partial charge in [-0.3, -0.25) is 9.59 Å². The third kappa shape index (κ3) is 4.85. The molecule has 4 nitrogen and oxygen atoms in total. The number of benzene rings is 1. The Hall–Kier alpha value is -2.28. The lowest BCUT2D eigenvalue weighted by Gasteiger charge is -1.99. The molecule has 0 fully saturated rings. The van der Waals surface area contributed by atoms with Crippen molar-refractivity contribution in [1.29, 1.82) is 0 Å². The van der Waals surface area contributed by atoms with Crippen LogP contribution in [0.1, 0.15) is 17.5 Å². The summed E-state index contributed by atoms with van der Waals surface area (Å²) in [5.74, 6) is 4.30. The van der Waals surface area contributed by atoms with E-state index in [4.69, 9.17) is 5.11 Å². The highest BCUT2D eigenvalue weighted by Gasteiger charge is 1.99. The van der Waals surface area contributed by atoms with Crippen LogP contribution in [0, 0.1) is 11.8 Å². The second kappa shape index (κ2) is 6.33. The predicted octanol–water partition coefficient (Wildman–Crippen LogP) is 0.801. The van der Waals surface area contributed by atoms with Crippen LogP contribution >= 0.6 is 0 Å². The van der Waals surface area contributed by atoms with Crippen LogP contribution in [0.25, 0.3) is 0 Å². The summed E-state index contributed by atoms with van der Waals surface area (Å²) in [6.45, 7) is 0. The molecule has 1 rings (SSSR count). The predicted molar refractivity (Wildman–Crippen MR) is 63.3 cm³/mol. The van der Waals surface area contributed by atoms with Crippen LogP contribution in [0.5, 0.6) is 0 Å². The molecule has 0 atom stereocenters. The minimum Gasteiger partial charge on any atom is -0.481 e. The summed E-state index contributed by atoms with van der Waals surface area (Å²) in [5.41, 5.74) is 1.64. The third-order valence-electron chi connectivity index (χ3n) is 2.07. The Balaban J connectivity index is 2.63. The van der Waals surface area contributed by atoms with Gasteiger partial charge in [0.15, 0.2) is 0 Å². The van der Waals surface area contributed by atoms with Crippen LogP contribution in [-0.4, -0.2) is 24.0 Å². The zero-order chi connectivity index (χ0) is 12.7. The Morgan fingerprint density at radius 2 is 1.94 bits per heavy atom. The number of rotatable bonds is 3. The molecular formula is C13H13NO3. The molecule has 0 aliphatic carbocycles. The Morgan fingerprint density at radius 1 is 1.29 bits per heavy atom. The molecule has 88 valence electrons. The molecule has 0 spiro atoms. The van der Waals surface area contributed by atoms with Gasteiger partial charge in [0.05, 0.1) is 6.42 Å². The maximum absolute atomic E-state index is 11.1. The molecule has 2 N–H and O–H groups in total. The fourth-order valence-corrected chi connectivity index (χ4v) is 1.20. The van der Waals surface area contributed by atoms with Gasteiger partial charge in [-0.15, -0.1) is 0 Å². The zero-order valence-corrected chi connectivity index (χ0v) is 9.49. The van der Waals surface area contributed by atoms with Crippen molar-refractivity contribution in [3.63, 3.8) is 0 Å². The molecule has 17 heavy (non-hydrogen) atoms. The van der Waals surface area contributed by atoms with Gasteiger partial charge < -0.3 is 10.4 Å². The lowest BCUT2D eigenvalue weighted by molar-refractivity contribution is -0.135. The van der Waals surface area contributed by atoms with Gasteiger partial charge in [0.25, 0.3) is 0 Å². The Morgan fingerprint density at radius 3 is 2.47 bits per heavy atom. The molecule has 0 heterocycles. The summed E-state index contributed by atoms with van der Waals surface area (Å²) >= 11 is 0. The van der Waals surface area contributed by atoms with Crippen molar-refractivity contribution in [2.45, 2.75) is 12.8 Å². The monoisotopic (exact) mass is 231 g/mol. The minimum absolute atomic E-state index is 0.0466. The molecule has 1 amide bonds. The maximum atomic E-state index is 11.1. The number of hydrogen-bond donors (Lipinski definition) is 2. The van der Waals surface area contributed by atoms with E-state index in [9.17, 15) is 9.59 Å². The van der Waals surface area contributed by atoms with Crippen molar-refractivity contribution in [1.82, 2.24) is 5.32 Å². The van der Waals surface area contributed by atoms with Crippen LogP contribution in [0.15, 0.2) is 24.3 Å². The average molecular weight is 231 g/mol. The van der Waals surface area contributed by atoms with E-state index in [-0.39, 0.29) is 12.3 Å². The summed E-state index contributed by atoms with van der Waals surface area (Å²) in [6.07, 6.45) is 0.166. The highest BCUT2D eigenvalue weighted by molar-refractivity contribution is 5.78. The first-order chi connectivity index (χ1) is 8.11. The SMILES string of the molecule is CNC(=O)Cc1ccc(C#CCC(=O)O)cc1. The number of aliphatic carboxylic acids is 1. The van der Waals surface area contributed by atoms with Gasteiger partial charge in [-0.25, -0.2) is 0 Å². The standard InChI is InChI=1S/C13H13NO3/c1-14-12(15)9-11-7-5-10(6-8-11)3-2-4-13(16)17/h5-8H,4,9H2,1H3,(H,14,15)(H,16,17). The number of hydrogen-bond acceptors (Lipinski definition) is 2. The topological polar surface area (TPSA) is 66.4 Å². The van der Waals surface area contributed by atoms with Gasteiger partial charge in [0.2, 0.25) is 5.91 Å². The van der Waals surface area contributed by atoms with Gasteiger partial charge in [-0.1, -0.05) is 24.0 Å². The molecule has 0 aliphatic rings. The molecule has 0 saturated carbocycles. The highest BCUT2D eigenvalue weighted by atomic mass is 16.4. The second-order valence-corrected chi connectivity index (χ2v) is 3.42. The number of likely N-dealkylation sites (N-methyl/N-ethyl adjacent to an activating group) is 1. The number of nitrogens with one attached hydrogen (secondary N) is 1. The number of amides is 1. The largest absolute Gasteiger partial charge is 0.481 e. The quantitative estimate of drug-likeness (QED) is 0.756. The van der Waals surface area contributed by atoms with Gasteiger partial charge in [0.1, 0.15) is 6.42 Å². The number of carbonyl (C=O) groups excluding carboxylic acids is 1. The van der Waals surface area contributed by atoms with Gasteiger partial charge in [-0.05, 0) is 17.7 Å². The first kappa shape index (κ1) is 12.8. The van der Waals surface area contributed by atoms with Crippen LogP contribution < -0.4 is 5.32 Å². The Bertz CT molecular complexity index is 466.